The maximum atomic E-state index is 12.7. The van der Waals surface area contributed by atoms with E-state index in [4.69, 9.17) is 14.2 Å². The van der Waals surface area contributed by atoms with Crippen molar-refractivity contribution in [1.82, 2.24) is 5.43 Å². The van der Waals surface area contributed by atoms with Gasteiger partial charge in [-0.05, 0) is 55.0 Å². The molecule has 0 atom stereocenters. The Morgan fingerprint density at radius 3 is 2.64 bits per heavy atom. The fourth-order valence-corrected chi connectivity index (χ4v) is 2.87. The fraction of sp³-hybridized carbons (Fsp3) is 0.150. The van der Waals surface area contributed by atoms with Crippen LogP contribution in [0.2, 0.25) is 0 Å². The van der Waals surface area contributed by atoms with Gasteiger partial charge >= 0.3 is 5.97 Å². The number of hydrazine groups is 1. The van der Waals surface area contributed by atoms with Gasteiger partial charge in [0.05, 0.1) is 17.9 Å². The van der Waals surface area contributed by atoms with Gasteiger partial charge in [-0.3, -0.25) is 15.0 Å². The molecule has 28 heavy (non-hydrogen) atoms. The summed E-state index contributed by atoms with van der Waals surface area (Å²) in [6, 6.07) is 11.4. The van der Waals surface area contributed by atoms with E-state index in [1.165, 1.54) is 18.2 Å². The number of nitrogens with zero attached hydrogens (tertiary/aromatic N) is 1. The van der Waals surface area contributed by atoms with E-state index in [1.54, 1.807) is 37.3 Å². The molecule has 8 heteroatoms. The molecule has 0 spiro atoms. The van der Waals surface area contributed by atoms with Gasteiger partial charge in [-0.25, -0.2) is 9.80 Å². The van der Waals surface area contributed by atoms with Crippen LogP contribution in [0.1, 0.15) is 22.8 Å². The van der Waals surface area contributed by atoms with Crippen LogP contribution in [0.5, 0.6) is 11.5 Å². The highest BCUT2D eigenvalue weighted by molar-refractivity contribution is 6.31. The Bertz CT molecular complexity index is 996. The Balaban J connectivity index is 1.56. The highest BCUT2D eigenvalue weighted by Gasteiger charge is 2.34. The molecule has 0 radical (unpaired) electrons. The van der Waals surface area contributed by atoms with Gasteiger partial charge in [0, 0.05) is 0 Å². The molecular formula is C20H16N2O6. The minimum Gasteiger partial charge on any atom is -0.462 e. The van der Waals surface area contributed by atoms with Gasteiger partial charge in [-0.15, -0.1) is 0 Å². The molecule has 2 amide bonds. The lowest BCUT2D eigenvalue weighted by atomic mass is 10.1. The Hall–Kier alpha value is -3.81. The molecule has 0 saturated carbocycles. The molecule has 0 aromatic heterocycles. The number of fused-ring (bicyclic) bond motifs is 1. The van der Waals surface area contributed by atoms with Crippen molar-refractivity contribution in [1.29, 1.82) is 0 Å². The lowest BCUT2D eigenvalue weighted by Gasteiger charge is -2.14. The zero-order valence-corrected chi connectivity index (χ0v) is 14.9. The number of rotatable bonds is 4. The molecule has 2 aliphatic heterocycles. The van der Waals surface area contributed by atoms with Crippen LogP contribution in [0.3, 0.4) is 0 Å². The molecule has 0 unspecified atom stereocenters. The molecule has 1 saturated heterocycles. The minimum absolute atomic E-state index is 0.00617. The highest BCUT2D eigenvalue weighted by Crippen LogP contribution is 2.33. The Labute approximate surface area is 160 Å². The van der Waals surface area contributed by atoms with E-state index in [0.717, 1.165) is 5.01 Å². The van der Waals surface area contributed by atoms with E-state index in [0.29, 0.717) is 28.3 Å². The van der Waals surface area contributed by atoms with E-state index in [9.17, 15) is 14.4 Å². The maximum absolute atomic E-state index is 12.7. The molecule has 0 aliphatic carbocycles. The topological polar surface area (TPSA) is 94.2 Å². The van der Waals surface area contributed by atoms with E-state index in [1.807, 2.05) is 0 Å². The molecular weight excluding hydrogens is 364 g/mol. The Kier molecular flexibility index (Phi) is 4.44. The van der Waals surface area contributed by atoms with Crippen LogP contribution in [-0.4, -0.2) is 31.2 Å². The van der Waals surface area contributed by atoms with Crippen LogP contribution in [-0.2, 0) is 14.3 Å². The zero-order chi connectivity index (χ0) is 19.7. The van der Waals surface area contributed by atoms with Crippen molar-refractivity contribution in [2.75, 3.05) is 18.4 Å². The summed E-state index contributed by atoms with van der Waals surface area (Å²) >= 11 is 0. The summed E-state index contributed by atoms with van der Waals surface area (Å²) < 4.78 is 15.5. The van der Waals surface area contributed by atoms with Crippen LogP contribution < -0.4 is 19.9 Å². The Morgan fingerprint density at radius 1 is 1.14 bits per heavy atom. The standard InChI is InChI=1S/C20H16N2O6/c1-2-26-20(25)13-4-6-14(7-5-13)22-19(24)15(18(23)21-22)9-12-3-8-16-17(10-12)28-11-27-16/h3-10H,2,11H2,1H3,(H,21,23)/b15-9-. The smallest absolute Gasteiger partial charge is 0.338 e. The lowest BCUT2D eigenvalue weighted by Crippen LogP contribution is -2.35. The van der Waals surface area contributed by atoms with Crippen LogP contribution in [0, 0.1) is 0 Å². The number of carbonyl (C=O) groups is 3. The molecule has 2 aromatic carbocycles. The summed E-state index contributed by atoms with van der Waals surface area (Å²) in [4.78, 5) is 36.7. The predicted molar refractivity (Wildman–Crippen MR) is 98.6 cm³/mol. The van der Waals surface area contributed by atoms with Crippen molar-refractivity contribution in [3.05, 3.63) is 59.2 Å². The third-order valence-corrected chi connectivity index (χ3v) is 4.24. The number of hydrogen-bond acceptors (Lipinski definition) is 6. The average molecular weight is 380 g/mol. The van der Waals surface area contributed by atoms with Crippen molar-refractivity contribution >= 4 is 29.5 Å². The SMILES string of the molecule is CCOC(=O)c1ccc(N2NC(=O)/C(=C/c3ccc4c(c3)OCO4)C2=O)cc1. The average Bonchev–Trinajstić information content (AvgIpc) is 3.27. The molecule has 2 aromatic rings. The number of nitrogens with one attached hydrogen (secondary N) is 1. The quantitative estimate of drug-likeness (QED) is 0.496. The third-order valence-electron chi connectivity index (χ3n) is 4.24. The van der Waals surface area contributed by atoms with Gasteiger partial charge in [0.25, 0.3) is 11.8 Å². The van der Waals surface area contributed by atoms with E-state index < -0.39 is 17.8 Å². The first-order chi connectivity index (χ1) is 13.6. The van der Waals surface area contributed by atoms with Crippen LogP contribution in [0.15, 0.2) is 48.0 Å². The molecule has 0 bridgehead atoms. The summed E-state index contributed by atoms with van der Waals surface area (Å²) in [5, 5.41) is 1.13. The van der Waals surface area contributed by atoms with Gasteiger partial charge in [-0.1, -0.05) is 6.07 Å². The first-order valence-electron chi connectivity index (χ1n) is 8.61. The second-order valence-electron chi connectivity index (χ2n) is 6.02. The van der Waals surface area contributed by atoms with Crippen molar-refractivity contribution in [2.45, 2.75) is 6.92 Å². The van der Waals surface area contributed by atoms with Gasteiger partial charge in [0.15, 0.2) is 11.5 Å². The summed E-state index contributed by atoms with van der Waals surface area (Å²) in [7, 11) is 0. The van der Waals surface area contributed by atoms with Crippen molar-refractivity contribution in [2.24, 2.45) is 0 Å². The van der Waals surface area contributed by atoms with Gasteiger partial charge in [0.1, 0.15) is 5.57 Å². The molecule has 8 nitrogen and oxygen atoms in total. The van der Waals surface area contributed by atoms with Crippen molar-refractivity contribution in [3.8, 4) is 11.5 Å². The molecule has 1 fully saturated rings. The molecule has 142 valence electrons. The van der Waals surface area contributed by atoms with Crippen molar-refractivity contribution < 1.29 is 28.6 Å². The lowest BCUT2D eigenvalue weighted by molar-refractivity contribution is -0.117. The van der Waals surface area contributed by atoms with E-state index in [-0.39, 0.29) is 19.0 Å². The zero-order valence-electron chi connectivity index (χ0n) is 14.9. The number of hydrogen-bond donors (Lipinski definition) is 1. The van der Waals surface area contributed by atoms with Crippen LogP contribution >= 0.6 is 0 Å². The number of ether oxygens (including phenoxy) is 3. The highest BCUT2D eigenvalue weighted by atomic mass is 16.7. The maximum Gasteiger partial charge on any atom is 0.338 e. The van der Waals surface area contributed by atoms with Gasteiger partial charge in [-0.2, -0.15) is 0 Å². The number of esters is 1. The first-order valence-corrected chi connectivity index (χ1v) is 8.61. The molecule has 1 N–H and O–H groups in total. The molecule has 2 aliphatic rings. The first kappa shape index (κ1) is 17.6. The van der Waals surface area contributed by atoms with E-state index in [2.05, 4.69) is 5.43 Å². The monoisotopic (exact) mass is 380 g/mol. The number of benzene rings is 2. The number of amides is 2. The second kappa shape index (κ2) is 7.07. The minimum atomic E-state index is -0.517. The van der Waals surface area contributed by atoms with Gasteiger partial charge in [0.2, 0.25) is 6.79 Å². The summed E-state index contributed by atoms with van der Waals surface area (Å²) in [5.41, 5.74) is 3.95. The summed E-state index contributed by atoms with van der Waals surface area (Å²) in [6.45, 7) is 2.14. The Morgan fingerprint density at radius 2 is 1.89 bits per heavy atom. The predicted octanol–water partition coefficient (Wildman–Crippen LogP) is 2.05. The number of anilines is 1. The van der Waals surface area contributed by atoms with Crippen LogP contribution in [0.4, 0.5) is 5.69 Å². The summed E-state index contributed by atoms with van der Waals surface area (Å²) in [5.74, 6) is -0.280. The normalized spacial score (nSPS) is 16.5. The van der Waals surface area contributed by atoms with Crippen molar-refractivity contribution in [3.63, 3.8) is 0 Å². The number of carbonyl (C=O) groups excluding carboxylic acids is 3. The van der Waals surface area contributed by atoms with E-state index >= 15 is 0 Å². The molecule has 2 heterocycles. The second-order valence-corrected chi connectivity index (χ2v) is 6.02. The van der Waals surface area contributed by atoms with Crippen LogP contribution in [0.25, 0.3) is 6.08 Å². The largest absolute Gasteiger partial charge is 0.462 e. The summed E-state index contributed by atoms with van der Waals surface area (Å²) in [6.07, 6.45) is 1.49. The molecule has 4 rings (SSSR count). The third kappa shape index (κ3) is 3.16. The fourth-order valence-electron chi connectivity index (χ4n) is 2.87. The van der Waals surface area contributed by atoms with Gasteiger partial charge < -0.3 is 14.2 Å².